The van der Waals surface area contributed by atoms with Gasteiger partial charge in [0.25, 0.3) is 5.91 Å². The average molecular weight is 501 g/mol. The van der Waals surface area contributed by atoms with Crippen LogP contribution in [0.5, 0.6) is 0 Å². The van der Waals surface area contributed by atoms with Crippen molar-refractivity contribution in [3.05, 3.63) is 95.6 Å². The Morgan fingerprint density at radius 1 is 1.03 bits per heavy atom. The van der Waals surface area contributed by atoms with E-state index < -0.39 is 42.3 Å². The van der Waals surface area contributed by atoms with Gasteiger partial charge >= 0.3 is 5.97 Å². The minimum absolute atomic E-state index is 0.0898. The molecule has 3 amide bonds. The number of fused-ring (bicyclic) bond motifs is 1. The van der Waals surface area contributed by atoms with Crippen LogP contribution in [0.4, 0.5) is 11.4 Å². The van der Waals surface area contributed by atoms with Crippen LogP contribution in [-0.4, -0.2) is 48.3 Å². The minimum atomic E-state index is -0.954. The standard InChI is InChI=1S/C28H28N4O5/c1-37-26(34)16-23(19-10-6-3-7-11-19)30-25(33)17-32-24(14-18-8-4-2-5-9-18)27(35)31-22-13-12-20(29)15-21(22)28(32)36/h2-13,15,23-24H,14,16-17,29H2,1H3,(H,30,33)(H,31,35)/t23-,24+/m1/s1. The van der Waals surface area contributed by atoms with Gasteiger partial charge in [-0.15, -0.1) is 0 Å². The van der Waals surface area contributed by atoms with Gasteiger partial charge in [-0.3, -0.25) is 19.2 Å². The first kappa shape index (κ1) is 25.4. The first-order valence-corrected chi connectivity index (χ1v) is 11.8. The van der Waals surface area contributed by atoms with Gasteiger partial charge in [0.05, 0.1) is 30.8 Å². The van der Waals surface area contributed by atoms with Gasteiger partial charge in [0, 0.05) is 12.1 Å². The number of ether oxygens (including phenoxy) is 1. The van der Waals surface area contributed by atoms with E-state index in [9.17, 15) is 19.2 Å². The number of methoxy groups -OCH3 is 1. The summed E-state index contributed by atoms with van der Waals surface area (Å²) < 4.78 is 4.80. The highest BCUT2D eigenvalue weighted by molar-refractivity contribution is 6.11. The molecule has 4 rings (SSSR count). The molecular weight excluding hydrogens is 472 g/mol. The van der Waals surface area contributed by atoms with Crippen molar-refractivity contribution in [2.75, 3.05) is 24.7 Å². The van der Waals surface area contributed by atoms with E-state index in [0.717, 1.165) is 5.56 Å². The number of amides is 3. The molecule has 0 radical (unpaired) electrons. The fourth-order valence-corrected chi connectivity index (χ4v) is 4.31. The summed E-state index contributed by atoms with van der Waals surface area (Å²) in [4.78, 5) is 53.6. The van der Waals surface area contributed by atoms with Crippen LogP contribution in [0.1, 0.15) is 33.9 Å². The molecule has 1 aliphatic rings. The number of nitrogens with zero attached hydrogens (tertiary/aromatic N) is 1. The van der Waals surface area contributed by atoms with E-state index in [4.69, 9.17) is 10.5 Å². The molecule has 1 aliphatic heterocycles. The fourth-order valence-electron chi connectivity index (χ4n) is 4.31. The second-order valence-electron chi connectivity index (χ2n) is 8.74. The van der Waals surface area contributed by atoms with Crippen LogP contribution in [-0.2, 0) is 25.5 Å². The van der Waals surface area contributed by atoms with Gasteiger partial charge in [-0.1, -0.05) is 60.7 Å². The topological polar surface area (TPSA) is 131 Å². The number of benzene rings is 3. The van der Waals surface area contributed by atoms with Crippen LogP contribution in [0.3, 0.4) is 0 Å². The molecule has 9 nitrogen and oxygen atoms in total. The summed E-state index contributed by atoms with van der Waals surface area (Å²) in [5.74, 6) is -1.93. The van der Waals surface area contributed by atoms with Gasteiger partial charge in [0.2, 0.25) is 11.8 Å². The van der Waals surface area contributed by atoms with E-state index in [2.05, 4.69) is 10.6 Å². The smallest absolute Gasteiger partial charge is 0.307 e. The number of hydrogen-bond acceptors (Lipinski definition) is 6. The highest BCUT2D eigenvalue weighted by Gasteiger charge is 2.37. The molecule has 0 spiro atoms. The number of esters is 1. The van der Waals surface area contributed by atoms with Crippen molar-refractivity contribution in [2.45, 2.75) is 24.9 Å². The highest BCUT2D eigenvalue weighted by atomic mass is 16.5. The number of carbonyl (C=O) groups is 4. The summed E-state index contributed by atoms with van der Waals surface area (Å²) in [6, 6.07) is 21.3. The third-order valence-corrected chi connectivity index (χ3v) is 6.19. The van der Waals surface area contributed by atoms with Crippen molar-refractivity contribution in [1.82, 2.24) is 10.2 Å². The normalized spacial score (nSPS) is 15.7. The molecule has 0 saturated carbocycles. The Morgan fingerprint density at radius 3 is 2.38 bits per heavy atom. The lowest BCUT2D eigenvalue weighted by Gasteiger charge is -2.29. The van der Waals surface area contributed by atoms with E-state index >= 15 is 0 Å². The third-order valence-electron chi connectivity index (χ3n) is 6.19. The van der Waals surface area contributed by atoms with Gasteiger partial charge in [-0.25, -0.2) is 0 Å². The molecule has 0 saturated heterocycles. The Kier molecular flexibility index (Phi) is 7.83. The van der Waals surface area contributed by atoms with Crippen LogP contribution in [0, 0.1) is 0 Å². The quantitative estimate of drug-likeness (QED) is 0.322. The van der Waals surface area contributed by atoms with Crippen LogP contribution in [0.25, 0.3) is 0 Å². The van der Waals surface area contributed by atoms with Crippen LogP contribution in [0.2, 0.25) is 0 Å². The van der Waals surface area contributed by atoms with Crippen molar-refractivity contribution >= 4 is 35.1 Å². The summed E-state index contributed by atoms with van der Waals surface area (Å²) in [5.41, 5.74) is 8.35. The minimum Gasteiger partial charge on any atom is -0.469 e. The van der Waals surface area contributed by atoms with Gasteiger partial charge in [0.15, 0.2) is 0 Å². The number of rotatable bonds is 8. The van der Waals surface area contributed by atoms with Gasteiger partial charge in [-0.05, 0) is 29.3 Å². The molecule has 0 fully saturated rings. The van der Waals surface area contributed by atoms with Crippen molar-refractivity contribution in [3.63, 3.8) is 0 Å². The lowest BCUT2D eigenvalue weighted by Crippen LogP contribution is -2.51. The van der Waals surface area contributed by atoms with Crippen LogP contribution < -0.4 is 16.4 Å². The maximum absolute atomic E-state index is 13.7. The van der Waals surface area contributed by atoms with Crippen molar-refractivity contribution in [3.8, 4) is 0 Å². The van der Waals surface area contributed by atoms with Crippen molar-refractivity contribution < 1.29 is 23.9 Å². The number of nitrogens with two attached hydrogens (primary N) is 1. The fraction of sp³-hybridized carbons (Fsp3) is 0.214. The molecule has 0 aliphatic carbocycles. The van der Waals surface area contributed by atoms with Crippen molar-refractivity contribution in [2.24, 2.45) is 0 Å². The molecule has 9 heteroatoms. The molecule has 3 aromatic carbocycles. The van der Waals surface area contributed by atoms with Gasteiger partial charge < -0.3 is 26.0 Å². The van der Waals surface area contributed by atoms with Gasteiger partial charge in [0.1, 0.15) is 12.6 Å². The van der Waals surface area contributed by atoms with Gasteiger partial charge in [-0.2, -0.15) is 0 Å². The number of carbonyl (C=O) groups excluding carboxylic acids is 4. The highest BCUT2D eigenvalue weighted by Crippen LogP contribution is 2.27. The monoisotopic (exact) mass is 500 g/mol. The molecule has 37 heavy (non-hydrogen) atoms. The lowest BCUT2D eigenvalue weighted by atomic mass is 10.0. The summed E-state index contributed by atoms with van der Waals surface area (Å²) in [5, 5.41) is 5.64. The zero-order valence-corrected chi connectivity index (χ0v) is 20.3. The van der Waals surface area contributed by atoms with Crippen LogP contribution >= 0.6 is 0 Å². The molecule has 1 heterocycles. The second kappa shape index (κ2) is 11.4. The SMILES string of the molecule is COC(=O)C[C@@H](NC(=O)CN1C(=O)c2cc(N)ccc2NC(=O)[C@@H]1Cc1ccccc1)c1ccccc1. The zero-order valence-electron chi connectivity index (χ0n) is 20.3. The first-order chi connectivity index (χ1) is 17.9. The predicted octanol–water partition coefficient (Wildman–Crippen LogP) is 2.70. The Bertz CT molecular complexity index is 1300. The average Bonchev–Trinajstić information content (AvgIpc) is 2.99. The molecule has 0 aromatic heterocycles. The zero-order chi connectivity index (χ0) is 26.4. The molecule has 2 atom stereocenters. The number of anilines is 2. The largest absolute Gasteiger partial charge is 0.469 e. The molecule has 0 bridgehead atoms. The lowest BCUT2D eigenvalue weighted by molar-refractivity contribution is -0.141. The van der Waals surface area contributed by atoms with Crippen LogP contribution in [0.15, 0.2) is 78.9 Å². The van der Waals surface area contributed by atoms with E-state index in [1.807, 2.05) is 36.4 Å². The maximum atomic E-state index is 13.7. The Morgan fingerprint density at radius 2 is 1.70 bits per heavy atom. The number of nitrogen functional groups attached to an aromatic ring is 1. The Labute approximate surface area is 214 Å². The first-order valence-electron chi connectivity index (χ1n) is 11.8. The molecule has 0 unspecified atom stereocenters. The Hall–Kier alpha value is -4.66. The predicted molar refractivity (Wildman–Crippen MR) is 138 cm³/mol. The molecular formula is C28H28N4O5. The maximum Gasteiger partial charge on any atom is 0.307 e. The second-order valence-corrected chi connectivity index (χ2v) is 8.74. The summed E-state index contributed by atoms with van der Waals surface area (Å²) in [6.45, 7) is -0.400. The summed E-state index contributed by atoms with van der Waals surface area (Å²) in [7, 11) is 1.28. The molecule has 4 N–H and O–H groups in total. The third kappa shape index (κ3) is 6.13. The summed E-state index contributed by atoms with van der Waals surface area (Å²) >= 11 is 0. The van der Waals surface area contributed by atoms with E-state index in [1.54, 1.807) is 36.4 Å². The van der Waals surface area contributed by atoms with E-state index in [1.165, 1.54) is 18.1 Å². The van der Waals surface area contributed by atoms with E-state index in [0.29, 0.717) is 16.9 Å². The summed E-state index contributed by atoms with van der Waals surface area (Å²) in [6.07, 6.45) is 0.118. The Balaban J connectivity index is 1.64. The number of nitrogens with one attached hydrogen (secondary N) is 2. The van der Waals surface area contributed by atoms with E-state index in [-0.39, 0.29) is 18.4 Å². The molecule has 3 aromatic rings. The number of hydrogen-bond donors (Lipinski definition) is 3. The molecule has 190 valence electrons. The van der Waals surface area contributed by atoms with Crippen molar-refractivity contribution in [1.29, 1.82) is 0 Å².